The zero-order valence-electron chi connectivity index (χ0n) is 16.7. The van der Waals surface area contributed by atoms with Gasteiger partial charge in [0.1, 0.15) is 11.6 Å². The van der Waals surface area contributed by atoms with Gasteiger partial charge in [0.15, 0.2) is 0 Å². The summed E-state index contributed by atoms with van der Waals surface area (Å²) < 4.78 is 10.6. The van der Waals surface area contributed by atoms with E-state index in [0.29, 0.717) is 13.0 Å². The molecule has 156 valence electrons. The molecule has 1 aromatic carbocycles. The monoisotopic (exact) mass is 399 g/mol. The van der Waals surface area contributed by atoms with E-state index in [1.54, 1.807) is 7.11 Å². The maximum absolute atomic E-state index is 10.5. The molecule has 2 aliphatic rings. The van der Waals surface area contributed by atoms with Gasteiger partial charge in [-0.25, -0.2) is 4.98 Å². The third-order valence-electron chi connectivity index (χ3n) is 5.93. The Morgan fingerprint density at radius 3 is 2.55 bits per heavy atom. The summed E-state index contributed by atoms with van der Waals surface area (Å²) in [5.74, 6) is 1.76. The Bertz CT molecular complexity index is 778. The largest absolute Gasteiger partial charge is 0.497 e. The van der Waals surface area contributed by atoms with Crippen LogP contribution in [0.4, 0.5) is 5.82 Å². The van der Waals surface area contributed by atoms with E-state index >= 15 is 0 Å². The van der Waals surface area contributed by atoms with Crippen molar-refractivity contribution >= 4 is 5.82 Å². The highest BCUT2D eigenvalue weighted by atomic mass is 16.5. The summed E-state index contributed by atoms with van der Waals surface area (Å²) >= 11 is 0. The molecular formula is C22H29N3O4. The Balaban J connectivity index is 1.44. The van der Waals surface area contributed by atoms with Crippen molar-refractivity contribution in [2.45, 2.75) is 37.1 Å². The highest BCUT2D eigenvalue weighted by molar-refractivity contribution is 5.41. The van der Waals surface area contributed by atoms with Gasteiger partial charge in [-0.05, 0) is 35.7 Å². The summed E-state index contributed by atoms with van der Waals surface area (Å²) in [5, 5.41) is 24.2. The standard InChI is InChI=1S/C22H29N3O4/c1-28-17-5-2-15(3-6-17)13-24-21-18(12-19(26)22(21)27)16-4-7-20(23-14-16)25-8-10-29-11-9-25/h2-7,14,18-19,21-22,24,26-27H,8-13H2,1H3/t18-,19-,21-,22-/m1/s1. The van der Waals surface area contributed by atoms with Gasteiger partial charge in [-0.3, -0.25) is 0 Å². The number of nitrogens with zero attached hydrogens (tertiary/aromatic N) is 2. The maximum Gasteiger partial charge on any atom is 0.128 e. The number of benzene rings is 1. The molecule has 1 aliphatic carbocycles. The van der Waals surface area contributed by atoms with Gasteiger partial charge in [-0.15, -0.1) is 0 Å². The topological polar surface area (TPSA) is 87.1 Å². The van der Waals surface area contributed by atoms with Gasteiger partial charge in [0.2, 0.25) is 0 Å². The smallest absolute Gasteiger partial charge is 0.128 e. The van der Waals surface area contributed by atoms with Gasteiger partial charge in [-0.2, -0.15) is 0 Å². The van der Waals surface area contributed by atoms with Crippen LogP contribution in [-0.2, 0) is 11.3 Å². The number of pyridine rings is 1. The number of ether oxygens (including phenoxy) is 2. The molecule has 4 atom stereocenters. The minimum atomic E-state index is -0.808. The molecule has 1 saturated carbocycles. The average molecular weight is 399 g/mol. The van der Waals surface area contributed by atoms with E-state index in [-0.39, 0.29) is 12.0 Å². The number of anilines is 1. The molecule has 0 bridgehead atoms. The summed E-state index contributed by atoms with van der Waals surface area (Å²) in [6, 6.07) is 11.7. The Morgan fingerprint density at radius 2 is 1.90 bits per heavy atom. The normalized spacial score (nSPS) is 27.2. The summed E-state index contributed by atoms with van der Waals surface area (Å²) in [7, 11) is 1.65. The minimum absolute atomic E-state index is 0.00416. The number of aliphatic hydroxyl groups is 2. The van der Waals surface area contributed by atoms with Gasteiger partial charge < -0.3 is 29.9 Å². The maximum atomic E-state index is 10.5. The van der Waals surface area contributed by atoms with Crippen molar-refractivity contribution in [1.29, 1.82) is 0 Å². The molecule has 1 saturated heterocycles. The van der Waals surface area contributed by atoms with Gasteiger partial charge in [0.05, 0.1) is 32.5 Å². The molecule has 7 heteroatoms. The predicted molar refractivity (Wildman–Crippen MR) is 110 cm³/mol. The Kier molecular flexibility index (Phi) is 6.30. The highest BCUT2D eigenvalue weighted by Gasteiger charge is 2.42. The van der Waals surface area contributed by atoms with E-state index < -0.39 is 12.2 Å². The average Bonchev–Trinajstić information content (AvgIpc) is 3.07. The lowest BCUT2D eigenvalue weighted by Crippen LogP contribution is -2.42. The van der Waals surface area contributed by atoms with E-state index in [1.165, 1.54) is 0 Å². The molecule has 7 nitrogen and oxygen atoms in total. The quantitative estimate of drug-likeness (QED) is 0.675. The fraction of sp³-hybridized carbons (Fsp3) is 0.500. The summed E-state index contributed by atoms with van der Waals surface area (Å²) in [6.45, 7) is 3.75. The van der Waals surface area contributed by atoms with Crippen LogP contribution in [0.1, 0.15) is 23.5 Å². The van der Waals surface area contributed by atoms with E-state index in [1.807, 2.05) is 36.5 Å². The van der Waals surface area contributed by atoms with E-state index in [9.17, 15) is 10.2 Å². The fourth-order valence-corrected chi connectivity index (χ4v) is 4.21. The molecule has 2 heterocycles. The number of methoxy groups -OCH3 is 1. The first kappa shape index (κ1) is 20.1. The highest BCUT2D eigenvalue weighted by Crippen LogP contribution is 2.35. The van der Waals surface area contributed by atoms with Crippen molar-refractivity contribution in [3.05, 3.63) is 53.7 Å². The van der Waals surface area contributed by atoms with E-state index in [2.05, 4.69) is 21.3 Å². The van der Waals surface area contributed by atoms with Crippen LogP contribution in [0.2, 0.25) is 0 Å². The van der Waals surface area contributed by atoms with Gasteiger partial charge in [-0.1, -0.05) is 18.2 Å². The van der Waals surface area contributed by atoms with Crippen molar-refractivity contribution in [2.75, 3.05) is 38.3 Å². The number of rotatable bonds is 6. The predicted octanol–water partition coefficient (Wildman–Crippen LogP) is 1.29. The first-order valence-electron chi connectivity index (χ1n) is 10.2. The molecule has 29 heavy (non-hydrogen) atoms. The SMILES string of the molecule is COc1ccc(CN[C@H]2[C@H](O)[C@H](O)C[C@@H]2c2ccc(N3CCOCC3)nc2)cc1. The third kappa shape index (κ3) is 4.53. The van der Waals surface area contributed by atoms with Crippen LogP contribution in [0, 0.1) is 0 Å². The van der Waals surface area contributed by atoms with E-state index in [0.717, 1.165) is 49.0 Å². The first-order valence-corrected chi connectivity index (χ1v) is 10.2. The van der Waals surface area contributed by atoms with Crippen molar-refractivity contribution in [3.63, 3.8) is 0 Å². The number of hydrogen-bond acceptors (Lipinski definition) is 7. The number of aliphatic hydroxyl groups excluding tert-OH is 2. The fourth-order valence-electron chi connectivity index (χ4n) is 4.21. The lowest BCUT2D eigenvalue weighted by molar-refractivity contribution is 0.0297. The molecule has 0 spiro atoms. The van der Waals surface area contributed by atoms with Gasteiger partial charge in [0.25, 0.3) is 0 Å². The second kappa shape index (κ2) is 9.09. The lowest BCUT2D eigenvalue weighted by atomic mass is 9.94. The van der Waals surface area contributed by atoms with Crippen LogP contribution in [0.5, 0.6) is 5.75 Å². The number of hydrogen-bond donors (Lipinski definition) is 3. The van der Waals surface area contributed by atoms with Crippen molar-refractivity contribution < 1.29 is 19.7 Å². The molecule has 2 aromatic rings. The number of nitrogens with one attached hydrogen (secondary N) is 1. The summed E-state index contributed by atoms with van der Waals surface area (Å²) in [6.07, 6.45) is 0.840. The minimum Gasteiger partial charge on any atom is -0.497 e. The van der Waals surface area contributed by atoms with Crippen LogP contribution >= 0.6 is 0 Å². The van der Waals surface area contributed by atoms with Crippen LogP contribution in [0.3, 0.4) is 0 Å². The number of aromatic nitrogens is 1. The van der Waals surface area contributed by atoms with Crippen LogP contribution in [0.15, 0.2) is 42.6 Å². The zero-order chi connectivity index (χ0) is 20.2. The van der Waals surface area contributed by atoms with E-state index in [4.69, 9.17) is 9.47 Å². The number of morpholine rings is 1. The van der Waals surface area contributed by atoms with Crippen LogP contribution < -0.4 is 15.0 Å². The Hall–Kier alpha value is -2.19. The molecule has 0 unspecified atom stereocenters. The molecule has 4 rings (SSSR count). The lowest BCUT2D eigenvalue weighted by Gasteiger charge is -2.28. The van der Waals surface area contributed by atoms with Crippen molar-refractivity contribution in [2.24, 2.45) is 0 Å². The molecule has 1 aliphatic heterocycles. The molecule has 2 fully saturated rings. The van der Waals surface area contributed by atoms with Gasteiger partial charge >= 0.3 is 0 Å². The summed E-state index contributed by atoms with van der Waals surface area (Å²) in [4.78, 5) is 6.85. The van der Waals surface area contributed by atoms with Crippen LogP contribution in [0.25, 0.3) is 0 Å². The molecule has 0 radical (unpaired) electrons. The molecule has 3 N–H and O–H groups in total. The van der Waals surface area contributed by atoms with Crippen molar-refractivity contribution in [1.82, 2.24) is 10.3 Å². The van der Waals surface area contributed by atoms with Crippen molar-refractivity contribution in [3.8, 4) is 5.75 Å². The Labute approximate surface area is 171 Å². The molecule has 0 amide bonds. The van der Waals surface area contributed by atoms with Gasteiger partial charge in [0, 0.05) is 37.8 Å². The summed E-state index contributed by atoms with van der Waals surface area (Å²) in [5.41, 5.74) is 2.13. The Morgan fingerprint density at radius 1 is 1.14 bits per heavy atom. The molecule has 1 aromatic heterocycles. The third-order valence-corrected chi connectivity index (χ3v) is 5.93. The second-order valence-electron chi connectivity index (χ2n) is 7.70. The van der Waals surface area contributed by atoms with Crippen LogP contribution in [-0.4, -0.2) is 66.9 Å². The zero-order valence-corrected chi connectivity index (χ0v) is 16.7. The molecular weight excluding hydrogens is 370 g/mol. The second-order valence-corrected chi connectivity index (χ2v) is 7.70. The first-order chi connectivity index (χ1) is 14.2.